The smallest absolute Gasteiger partial charge is 0.127 e. The molecule has 1 heterocycles. The molecule has 2 aromatic carbocycles. The van der Waals surface area contributed by atoms with E-state index in [9.17, 15) is 5.11 Å². The minimum Gasteiger partial charge on any atom is -0.508 e. The van der Waals surface area contributed by atoms with E-state index in [2.05, 4.69) is 63.2 Å². The van der Waals surface area contributed by atoms with Crippen LogP contribution in [0.15, 0.2) is 54.1 Å². The molecular formula is C25H30O2S2. The molecule has 1 N–H and O–H groups in total. The molecule has 2 aromatic rings. The molecule has 2 aliphatic rings. The average molecular weight is 427 g/mol. The standard InChI is InChI=1S/C25H30O2S2/c1-17(2)27-23-16-21(15-22(26)24(23)19-9-7-8-18(3)14-19)25(28-12-13-29-25)20-10-5-4-6-11-20/h4-6,8,10-11,15-17,19,26H,7,9,12-14H2,1-3H3/t19-/m0/s1. The summed E-state index contributed by atoms with van der Waals surface area (Å²) in [6.07, 6.45) is 5.51. The summed E-state index contributed by atoms with van der Waals surface area (Å²) in [5, 5.41) is 11.2. The SMILES string of the molecule is CC1=CCC[C@H](c2c(O)cc(C3(c4ccccc4)SCCS3)cc2OC(C)C)C1. The second-order valence-electron chi connectivity index (χ2n) is 8.28. The zero-order valence-electron chi connectivity index (χ0n) is 17.5. The third-order valence-electron chi connectivity index (χ3n) is 5.70. The molecular weight excluding hydrogens is 396 g/mol. The maximum absolute atomic E-state index is 11.2. The van der Waals surface area contributed by atoms with E-state index in [-0.39, 0.29) is 10.2 Å². The van der Waals surface area contributed by atoms with Crippen LogP contribution in [0.3, 0.4) is 0 Å². The number of benzene rings is 2. The number of phenols is 1. The molecule has 1 fully saturated rings. The summed E-state index contributed by atoms with van der Waals surface area (Å²) < 4.78 is 6.11. The molecule has 29 heavy (non-hydrogen) atoms. The molecule has 0 spiro atoms. The van der Waals surface area contributed by atoms with E-state index in [1.165, 1.54) is 11.1 Å². The predicted octanol–water partition coefficient (Wildman–Crippen LogP) is 7.07. The lowest BCUT2D eigenvalue weighted by atomic mass is 9.82. The van der Waals surface area contributed by atoms with Gasteiger partial charge in [-0.25, -0.2) is 0 Å². The van der Waals surface area contributed by atoms with Crippen LogP contribution in [0, 0.1) is 0 Å². The van der Waals surface area contributed by atoms with Crippen molar-refractivity contribution in [2.24, 2.45) is 0 Å². The molecule has 4 rings (SSSR count). The van der Waals surface area contributed by atoms with Gasteiger partial charge in [-0.1, -0.05) is 42.0 Å². The molecule has 0 aromatic heterocycles. The highest BCUT2D eigenvalue weighted by Gasteiger charge is 2.40. The molecule has 0 radical (unpaired) electrons. The van der Waals surface area contributed by atoms with Gasteiger partial charge in [-0.3, -0.25) is 0 Å². The molecule has 154 valence electrons. The fourth-order valence-corrected chi connectivity index (χ4v) is 7.73. The fourth-order valence-electron chi connectivity index (χ4n) is 4.49. The van der Waals surface area contributed by atoms with Crippen molar-refractivity contribution in [3.63, 3.8) is 0 Å². The summed E-state index contributed by atoms with van der Waals surface area (Å²) >= 11 is 3.92. The second kappa shape index (κ2) is 8.69. The molecule has 0 saturated carbocycles. The Morgan fingerprint density at radius 3 is 2.45 bits per heavy atom. The summed E-state index contributed by atoms with van der Waals surface area (Å²) in [6, 6.07) is 14.9. The van der Waals surface area contributed by atoms with E-state index < -0.39 is 0 Å². The Balaban J connectivity index is 1.83. The van der Waals surface area contributed by atoms with Crippen LogP contribution in [0.5, 0.6) is 11.5 Å². The maximum atomic E-state index is 11.2. The van der Waals surface area contributed by atoms with Gasteiger partial charge in [0.15, 0.2) is 0 Å². The lowest BCUT2D eigenvalue weighted by Crippen LogP contribution is -2.18. The second-order valence-corrected chi connectivity index (χ2v) is 11.2. The van der Waals surface area contributed by atoms with Crippen LogP contribution in [-0.2, 0) is 4.08 Å². The molecule has 1 aliphatic carbocycles. The van der Waals surface area contributed by atoms with E-state index in [1.54, 1.807) is 0 Å². The summed E-state index contributed by atoms with van der Waals surface area (Å²) in [5.41, 5.74) is 4.82. The zero-order valence-corrected chi connectivity index (χ0v) is 19.1. The molecule has 0 amide bonds. The molecule has 1 atom stereocenters. The highest BCUT2D eigenvalue weighted by Crippen LogP contribution is 2.58. The van der Waals surface area contributed by atoms with Gasteiger partial charge >= 0.3 is 0 Å². The Labute approximate surface area is 183 Å². The van der Waals surface area contributed by atoms with Crippen molar-refractivity contribution in [3.8, 4) is 11.5 Å². The molecule has 0 unspecified atom stereocenters. The van der Waals surface area contributed by atoms with Crippen molar-refractivity contribution in [1.82, 2.24) is 0 Å². The Kier molecular flexibility index (Phi) is 6.21. The highest BCUT2D eigenvalue weighted by atomic mass is 32.2. The first-order valence-electron chi connectivity index (χ1n) is 10.5. The number of rotatable bonds is 5. The van der Waals surface area contributed by atoms with Gasteiger partial charge < -0.3 is 9.84 Å². The number of allylic oxidation sites excluding steroid dienone is 2. The van der Waals surface area contributed by atoms with Crippen molar-refractivity contribution in [1.29, 1.82) is 0 Å². The van der Waals surface area contributed by atoms with Crippen molar-refractivity contribution >= 4 is 23.5 Å². The summed E-state index contributed by atoms with van der Waals surface area (Å²) in [5.74, 6) is 3.78. The van der Waals surface area contributed by atoms with Crippen molar-refractivity contribution in [2.75, 3.05) is 11.5 Å². The first kappa shape index (κ1) is 20.7. The van der Waals surface area contributed by atoms with Gasteiger partial charge in [0.25, 0.3) is 0 Å². The minimum absolute atomic E-state index is 0.0696. The highest BCUT2D eigenvalue weighted by molar-refractivity contribution is 8.20. The van der Waals surface area contributed by atoms with E-state index in [4.69, 9.17) is 4.74 Å². The van der Waals surface area contributed by atoms with E-state index >= 15 is 0 Å². The van der Waals surface area contributed by atoms with Crippen LogP contribution >= 0.6 is 23.5 Å². The maximum Gasteiger partial charge on any atom is 0.127 e. The third kappa shape index (κ3) is 4.20. The van der Waals surface area contributed by atoms with Gasteiger partial charge in [0.05, 0.1) is 6.10 Å². The normalized spacial score (nSPS) is 21.2. The molecule has 0 bridgehead atoms. The minimum atomic E-state index is -0.186. The van der Waals surface area contributed by atoms with Gasteiger partial charge in [-0.15, -0.1) is 23.5 Å². The Hall–Kier alpha value is -1.52. The average Bonchev–Trinajstić information content (AvgIpc) is 3.19. The topological polar surface area (TPSA) is 29.5 Å². The largest absolute Gasteiger partial charge is 0.508 e. The Bertz CT molecular complexity index is 883. The molecule has 1 saturated heterocycles. The first-order chi connectivity index (χ1) is 14.0. The van der Waals surface area contributed by atoms with Gasteiger partial charge in [0.2, 0.25) is 0 Å². The zero-order chi connectivity index (χ0) is 20.4. The molecule has 2 nitrogen and oxygen atoms in total. The van der Waals surface area contributed by atoms with Crippen LogP contribution in [-0.4, -0.2) is 22.7 Å². The van der Waals surface area contributed by atoms with E-state index in [1.807, 2.05) is 29.6 Å². The Morgan fingerprint density at radius 2 is 1.79 bits per heavy atom. The van der Waals surface area contributed by atoms with E-state index in [0.717, 1.165) is 47.6 Å². The lowest BCUT2D eigenvalue weighted by Gasteiger charge is -2.31. The van der Waals surface area contributed by atoms with Gasteiger partial charge in [-0.2, -0.15) is 0 Å². The predicted molar refractivity (Wildman–Crippen MR) is 126 cm³/mol. The monoisotopic (exact) mass is 426 g/mol. The molecule has 4 heteroatoms. The third-order valence-corrected chi connectivity index (χ3v) is 9.23. The van der Waals surface area contributed by atoms with Gasteiger partial charge in [0, 0.05) is 17.1 Å². The number of thioether (sulfide) groups is 2. The summed E-state index contributed by atoms with van der Waals surface area (Å²) in [6.45, 7) is 6.31. The van der Waals surface area contributed by atoms with Crippen LogP contribution in [0.25, 0.3) is 0 Å². The number of ether oxygens (including phenoxy) is 1. The van der Waals surface area contributed by atoms with Gasteiger partial charge in [-0.05, 0) is 69.2 Å². The number of hydrogen-bond acceptors (Lipinski definition) is 4. The van der Waals surface area contributed by atoms with E-state index in [0.29, 0.717) is 11.7 Å². The van der Waals surface area contributed by atoms with Crippen LogP contribution in [0.2, 0.25) is 0 Å². The number of hydrogen-bond donors (Lipinski definition) is 1. The Morgan fingerprint density at radius 1 is 1.07 bits per heavy atom. The summed E-state index contributed by atoms with van der Waals surface area (Å²) in [4.78, 5) is 0. The fraction of sp³-hybridized carbons (Fsp3) is 0.440. The molecule has 1 aliphatic heterocycles. The lowest BCUT2D eigenvalue weighted by molar-refractivity contribution is 0.236. The summed E-state index contributed by atoms with van der Waals surface area (Å²) in [7, 11) is 0. The van der Waals surface area contributed by atoms with Crippen LogP contribution in [0.4, 0.5) is 0 Å². The van der Waals surface area contributed by atoms with Crippen molar-refractivity contribution < 1.29 is 9.84 Å². The first-order valence-corrected chi connectivity index (χ1v) is 12.5. The number of aromatic hydroxyl groups is 1. The van der Waals surface area contributed by atoms with Crippen molar-refractivity contribution in [2.45, 2.75) is 56.1 Å². The van der Waals surface area contributed by atoms with Crippen LogP contribution in [0.1, 0.15) is 62.6 Å². The number of phenolic OH excluding ortho intramolecular Hbond substituents is 1. The van der Waals surface area contributed by atoms with Crippen molar-refractivity contribution in [3.05, 3.63) is 70.8 Å². The quantitative estimate of drug-likeness (QED) is 0.518. The van der Waals surface area contributed by atoms with Gasteiger partial charge in [0.1, 0.15) is 15.6 Å². The van der Waals surface area contributed by atoms with Crippen LogP contribution < -0.4 is 4.74 Å².